The van der Waals surface area contributed by atoms with Crippen LogP contribution in [0.25, 0.3) is 0 Å². The van der Waals surface area contributed by atoms with Crippen LogP contribution in [0.4, 0.5) is 0 Å². The number of benzene rings is 1. The summed E-state index contributed by atoms with van der Waals surface area (Å²) in [6.45, 7) is 1.60. The lowest BCUT2D eigenvalue weighted by Gasteiger charge is -1.98. The van der Waals surface area contributed by atoms with Gasteiger partial charge in [-0.15, -0.1) is 11.8 Å². The van der Waals surface area contributed by atoms with E-state index in [9.17, 15) is 4.79 Å². The van der Waals surface area contributed by atoms with Gasteiger partial charge in [0.05, 0.1) is 0 Å². The highest BCUT2D eigenvalue weighted by molar-refractivity contribution is 9.10. The van der Waals surface area contributed by atoms with Crippen molar-refractivity contribution in [2.24, 2.45) is 0 Å². The van der Waals surface area contributed by atoms with Gasteiger partial charge in [0.25, 0.3) is 0 Å². The Kier molecular flexibility index (Phi) is 4.91. The zero-order valence-electron chi connectivity index (χ0n) is 8.24. The molecular formula is C11H11BrO2S. The molecule has 0 aliphatic rings. The van der Waals surface area contributed by atoms with E-state index >= 15 is 0 Å². The zero-order valence-corrected chi connectivity index (χ0v) is 10.6. The van der Waals surface area contributed by atoms with Crippen molar-refractivity contribution in [1.82, 2.24) is 0 Å². The molecule has 0 amide bonds. The van der Waals surface area contributed by atoms with Gasteiger partial charge in [-0.25, -0.2) is 4.79 Å². The van der Waals surface area contributed by atoms with Crippen LogP contribution in [-0.2, 0) is 4.79 Å². The molecule has 0 bridgehead atoms. The number of hydrogen-bond acceptors (Lipinski definition) is 2. The number of thioether (sulfide) groups is 1. The average Bonchev–Trinajstić information content (AvgIpc) is 2.20. The third kappa shape index (κ3) is 4.53. The second kappa shape index (κ2) is 5.98. The summed E-state index contributed by atoms with van der Waals surface area (Å²) in [5.74, 6) is -0.175. The minimum Gasteiger partial charge on any atom is -0.478 e. The Morgan fingerprint density at radius 3 is 2.60 bits per heavy atom. The number of aliphatic carboxylic acids is 1. The van der Waals surface area contributed by atoms with Crippen LogP contribution in [0.15, 0.2) is 45.3 Å². The van der Waals surface area contributed by atoms with Crippen molar-refractivity contribution in [3.05, 3.63) is 40.4 Å². The first-order valence-corrected chi connectivity index (χ1v) is 6.16. The summed E-state index contributed by atoms with van der Waals surface area (Å²) in [5.41, 5.74) is 0.389. The highest BCUT2D eigenvalue weighted by atomic mass is 79.9. The molecule has 0 aliphatic heterocycles. The normalized spacial score (nSPS) is 11.5. The van der Waals surface area contributed by atoms with Crippen molar-refractivity contribution in [3.8, 4) is 0 Å². The Hall–Kier alpha value is -0.740. The van der Waals surface area contributed by atoms with Crippen molar-refractivity contribution in [2.75, 3.05) is 5.75 Å². The van der Waals surface area contributed by atoms with Crippen molar-refractivity contribution < 1.29 is 9.90 Å². The van der Waals surface area contributed by atoms with E-state index in [2.05, 4.69) is 15.9 Å². The van der Waals surface area contributed by atoms with E-state index in [1.165, 1.54) is 0 Å². The predicted octanol–water partition coefficient (Wildman–Crippen LogP) is 3.57. The second-order valence-electron chi connectivity index (χ2n) is 2.96. The fourth-order valence-electron chi connectivity index (χ4n) is 0.881. The third-order valence-electron chi connectivity index (χ3n) is 1.79. The van der Waals surface area contributed by atoms with Crippen LogP contribution in [0.1, 0.15) is 6.92 Å². The fourth-order valence-corrected chi connectivity index (χ4v) is 2.00. The van der Waals surface area contributed by atoms with Gasteiger partial charge in [0.1, 0.15) is 0 Å². The second-order valence-corrected chi connectivity index (χ2v) is 4.97. The zero-order chi connectivity index (χ0) is 11.3. The van der Waals surface area contributed by atoms with Gasteiger partial charge in [0, 0.05) is 20.7 Å². The van der Waals surface area contributed by atoms with Gasteiger partial charge in [-0.2, -0.15) is 0 Å². The quantitative estimate of drug-likeness (QED) is 0.679. The highest BCUT2D eigenvalue weighted by Crippen LogP contribution is 2.20. The van der Waals surface area contributed by atoms with Crippen molar-refractivity contribution in [3.63, 3.8) is 0 Å². The molecule has 2 nitrogen and oxygen atoms in total. The predicted molar refractivity (Wildman–Crippen MR) is 66.3 cm³/mol. The number of carboxylic acid groups (broad SMARTS) is 1. The molecule has 80 valence electrons. The maximum Gasteiger partial charge on any atom is 0.330 e. The molecule has 1 aromatic rings. The van der Waals surface area contributed by atoms with Crippen LogP contribution in [0.3, 0.4) is 0 Å². The lowest BCUT2D eigenvalue weighted by molar-refractivity contribution is -0.132. The molecular weight excluding hydrogens is 276 g/mol. The average molecular weight is 287 g/mol. The van der Waals surface area contributed by atoms with Gasteiger partial charge < -0.3 is 5.11 Å². The molecule has 4 heteroatoms. The Balaban J connectivity index is 2.48. The van der Waals surface area contributed by atoms with Gasteiger partial charge in [-0.1, -0.05) is 22.0 Å². The van der Waals surface area contributed by atoms with E-state index in [4.69, 9.17) is 5.11 Å². The molecule has 1 N–H and O–H groups in total. The van der Waals surface area contributed by atoms with E-state index in [0.717, 1.165) is 9.37 Å². The molecule has 0 aromatic heterocycles. The van der Waals surface area contributed by atoms with Gasteiger partial charge in [-0.05, 0) is 31.2 Å². The summed E-state index contributed by atoms with van der Waals surface area (Å²) >= 11 is 4.97. The van der Waals surface area contributed by atoms with Crippen LogP contribution in [0.5, 0.6) is 0 Å². The summed E-state index contributed by atoms with van der Waals surface area (Å²) in [6.07, 6.45) is 1.72. The molecule has 0 radical (unpaired) electrons. The lowest BCUT2D eigenvalue weighted by Crippen LogP contribution is -1.96. The standard InChI is InChI=1S/C11H11BrO2S/c1-8(11(13)14)6-7-15-10-4-2-9(12)3-5-10/h2-6H,7H2,1H3,(H,13,14). The first-order chi connectivity index (χ1) is 7.09. The topological polar surface area (TPSA) is 37.3 Å². The molecule has 0 saturated carbocycles. The lowest BCUT2D eigenvalue weighted by atomic mass is 10.3. The number of halogens is 1. The van der Waals surface area contributed by atoms with Gasteiger partial charge in [-0.3, -0.25) is 0 Å². The van der Waals surface area contributed by atoms with Crippen LogP contribution in [-0.4, -0.2) is 16.8 Å². The number of rotatable bonds is 4. The van der Waals surface area contributed by atoms with Crippen LogP contribution >= 0.6 is 27.7 Å². The Bertz CT molecular complexity index is 371. The maximum absolute atomic E-state index is 10.5. The van der Waals surface area contributed by atoms with Gasteiger partial charge >= 0.3 is 5.97 Å². The first-order valence-electron chi connectivity index (χ1n) is 4.38. The van der Waals surface area contributed by atoms with Gasteiger partial charge in [0.2, 0.25) is 0 Å². The molecule has 0 unspecified atom stereocenters. The summed E-state index contributed by atoms with van der Waals surface area (Å²) in [7, 11) is 0. The summed E-state index contributed by atoms with van der Waals surface area (Å²) in [5, 5.41) is 8.63. The third-order valence-corrected chi connectivity index (χ3v) is 3.26. The highest BCUT2D eigenvalue weighted by Gasteiger charge is 1.98. The summed E-state index contributed by atoms with van der Waals surface area (Å²) in [4.78, 5) is 11.6. The Labute approximate surface area is 102 Å². The van der Waals surface area contributed by atoms with Crippen molar-refractivity contribution in [1.29, 1.82) is 0 Å². The van der Waals surface area contributed by atoms with Gasteiger partial charge in [0.15, 0.2) is 0 Å². The van der Waals surface area contributed by atoms with E-state index < -0.39 is 5.97 Å². The molecule has 1 rings (SSSR count). The molecule has 0 saturated heterocycles. The number of carboxylic acids is 1. The van der Waals surface area contributed by atoms with Crippen molar-refractivity contribution >= 4 is 33.7 Å². The molecule has 0 atom stereocenters. The SMILES string of the molecule is CC(=CCSc1ccc(Br)cc1)C(=O)O. The van der Waals surface area contributed by atoms with E-state index in [-0.39, 0.29) is 0 Å². The van der Waals surface area contributed by atoms with Crippen LogP contribution in [0.2, 0.25) is 0 Å². The molecule has 15 heavy (non-hydrogen) atoms. The minimum atomic E-state index is -0.855. The minimum absolute atomic E-state index is 0.389. The Morgan fingerprint density at radius 2 is 2.07 bits per heavy atom. The largest absolute Gasteiger partial charge is 0.478 e. The van der Waals surface area contributed by atoms with Crippen LogP contribution < -0.4 is 0 Å². The molecule has 1 aromatic carbocycles. The van der Waals surface area contributed by atoms with E-state index in [0.29, 0.717) is 11.3 Å². The molecule has 0 aliphatic carbocycles. The van der Waals surface area contributed by atoms with Crippen molar-refractivity contribution in [2.45, 2.75) is 11.8 Å². The Morgan fingerprint density at radius 1 is 1.47 bits per heavy atom. The van der Waals surface area contributed by atoms with Crippen LogP contribution in [0, 0.1) is 0 Å². The summed E-state index contributed by atoms with van der Waals surface area (Å²) in [6, 6.07) is 7.93. The van der Waals surface area contributed by atoms with E-state index in [1.54, 1.807) is 24.8 Å². The molecule has 0 heterocycles. The molecule has 0 spiro atoms. The summed E-state index contributed by atoms with van der Waals surface area (Å²) < 4.78 is 1.05. The van der Waals surface area contributed by atoms with E-state index in [1.807, 2.05) is 24.3 Å². The maximum atomic E-state index is 10.5. The smallest absolute Gasteiger partial charge is 0.330 e. The number of hydrogen-bond donors (Lipinski definition) is 1. The molecule has 0 fully saturated rings. The fraction of sp³-hybridized carbons (Fsp3) is 0.182. The first kappa shape index (κ1) is 12.3. The number of carbonyl (C=O) groups is 1. The monoisotopic (exact) mass is 286 g/mol.